The summed E-state index contributed by atoms with van der Waals surface area (Å²) in [5.41, 5.74) is 1.21. The van der Waals surface area contributed by atoms with Gasteiger partial charge in [-0.2, -0.15) is 4.98 Å². The SMILES string of the molecule is O=S(=O)(Nc1nccs1)c1ccc(Nc2nc(Cl)nc3cc4c(cc23)OCO4)cc1. The monoisotopic (exact) mass is 461 g/mol. The maximum absolute atomic E-state index is 12.5. The molecule has 0 saturated carbocycles. The molecule has 0 atom stereocenters. The third-order valence-electron chi connectivity index (χ3n) is 4.24. The van der Waals surface area contributed by atoms with E-state index in [4.69, 9.17) is 21.1 Å². The Balaban J connectivity index is 1.44. The van der Waals surface area contributed by atoms with Gasteiger partial charge in [0.1, 0.15) is 5.82 Å². The predicted octanol–water partition coefficient (Wildman–Crippen LogP) is 4.01. The van der Waals surface area contributed by atoms with Crippen LogP contribution in [0.4, 0.5) is 16.6 Å². The van der Waals surface area contributed by atoms with Crippen LogP contribution < -0.4 is 19.5 Å². The van der Waals surface area contributed by atoms with Crippen LogP contribution in [-0.2, 0) is 10.0 Å². The maximum atomic E-state index is 12.5. The van der Waals surface area contributed by atoms with Crippen LogP contribution in [0.2, 0.25) is 5.28 Å². The van der Waals surface area contributed by atoms with E-state index in [1.54, 1.807) is 29.6 Å². The molecule has 4 aromatic rings. The van der Waals surface area contributed by atoms with E-state index in [1.807, 2.05) is 0 Å². The lowest BCUT2D eigenvalue weighted by molar-refractivity contribution is 0.174. The van der Waals surface area contributed by atoms with Gasteiger partial charge in [-0.25, -0.2) is 18.4 Å². The number of benzene rings is 2. The molecule has 2 aromatic carbocycles. The molecule has 2 N–H and O–H groups in total. The van der Waals surface area contributed by atoms with Crippen molar-refractivity contribution in [2.24, 2.45) is 0 Å². The minimum Gasteiger partial charge on any atom is -0.454 e. The van der Waals surface area contributed by atoms with E-state index in [1.165, 1.54) is 29.7 Å². The number of ether oxygens (including phenoxy) is 2. The first-order valence-electron chi connectivity index (χ1n) is 8.54. The van der Waals surface area contributed by atoms with E-state index in [0.717, 1.165) is 0 Å². The molecule has 5 rings (SSSR count). The van der Waals surface area contributed by atoms with Gasteiger partial charge in [0.05, 0.1) is 10.4 Å². The molecule has 0 spiro atoms. The van der Waals surface area contributed by atoms with E-state index in [9.17, 15) is 8.42 Å². The van der Waals surface area contributed by atoms with E-state index >= 15 is 0 Å². The number of rotatable bonds is 5. The Kier molecular flexibility index (Phi) is 4.57. The van der Waals surface area contributed by atoms with Crippen LogP contribution in [0.15, 0.2) is 52.9 Å². The van der Waals surface area contributed by atoms with Crippen molar-refractivity contribution < 1.29 is 17.9 Å². The topological polar surface area (TPSA) is 115 Å². The molecule has 0 unspecified atom stereocenters. The lowest BCUT2D eigenvalue weighted by atomic mass is 10.2. The summed E-state index contributed by atoms with van der Waals surface area (Å²) < 4.78 is 38.2. The van der Waals surface area contributed by atoms with Gasteiger partial charge in [-0.3, -0.25) is 4.72 Å². The van der Waals surface area contributed by atoms with E-state index in [-0.39, 0.29) is 17.0 Å². The summed E-state index contributed by atoms with van der Waals surface area (Å²) >= 11 is 7.27. The Hall–Kier alpha value is -3.15. The summed E-state index contributed by atoms with van der Waals surface area (Å²) in [7, 11) is -3.73. The maximum Gasteiger partial charge on any atom is 0.263 e. The molecule has 1 aliphatic rings. The molecule has 0 radical (unpaired) electrons. The fraction of sp³-hybridized carbons (Fsp3) is 0.0556. The zero-order chi connectivity index (χ0) is 20.7. The minimum atomic E-state index is -3.73. The minimum absolute atomic E-state index is 0.0655. The van der Waals surface area contributed by atoms with Crippen molar-refractivity contribution in [2.75, 3.05) is 16.8 Å². The van der Waals surface area contributed by atoms with Gasteiger partial charge >= 0.3 is 0 Å². The molecule has 12 heteroatoms. The first kappa shape index (κ1) is 18.9. The average Bonchev–Trinajstić information content (AvgIpc) is 3.38. The number of fused-ring (bicyclic) bond motifs is 2. The standard InChI is InChI=1S/C18H12ClN5O4S2/c19-17-22-13-8-15-14(27-9-28-15)7-12(13)16(23-17)21-10-1-3-11(4-2-10)30(25,26)24-18-20-5-6-29-18/h1-8H,9H2,(H,20,24)(H,21,22,23). The second-order valence-electron chi connectivity index (χ2n) is 6.16. The van der Waals surface area contributed by atoms with Gasteiger partial charge in [0.2, 0.25) is 12.1 Å². The van der Waals surface area contributed by atoms with Crippen LogP contribution in [0, 0.1) is 0 Å². The number of hydrogen-bond acceptors (Lipinski definition) is 9. The van der Waals surface area contributed by atoms with Crippen molar-refractivity contribution in [3.8, 4) is 11.5 Å². The molecule has 0 amide bonds. The zero-order valence-electron chi connectivity index (χ0n) is 15.0. The van der Waals surface area contributed by atoms with Crippen molar-refractivity contribution in [2.45, 2.75) is 4.90 Å². The van der Waals surface area contributed by atoms with Crippen molar-refractivity contribution in [3.63, 3.8) is 0 Å². The van der Waals surface area contributed by atoms with Gasteiger partial charge in [0.25, 0.3) is 10.0 Å². The highest BCUT2D eigenvalue weighted by Gasteiger charge is 2.19. The second kappa shape index (κ2) is 7.27. The molecular weight excluding hydrogens is 450 g/mol. The Bertz CT molecular complexity index is 1350. The Morgan fingerprint density at radius 3 is 2.57 bits per heavy atom. The number of thiazole rings is 1. The van der Waals surface area contributed by atoms with Crippen molar-refractivity contribution in [3.05, 3.63) is 53.3 Å². The molecule has 0 saturated heterocycles. The number of anilines is 3. The lowest BCUT2D eigenvalue weighted by Crippen LogP contribution is -2.12. The fourth-order valence-corrected chi connectivity index (χ4v) is 4.85. The largest absolute Gasteiger partial charge is 0.454 e. The molecule has 0 bridgehead atoms. The summed E-state index contributed by atoms with van der Waals surface area (Å²) in [5.74, 6) is 1.64. The Morgan fingerprint density at radius 2 is 1.83 bits per heavy atom. The molecular formula is C18H12ClN5O4S2. The predicted molar refractivity (Wildman–Crippen MR) is 113 cm³/mol. The molecule has 2 aromatic heterocycles. The van der Waals surface area contributed by atoms with Gasteiger partial charge < -0.3 is 14.8 Å². The first-order valence-corrected chi connectivity index (χ1v) is 11.3. The number of sulfonamides is 1. The molecule has 1 aliphatic heterocycles. The molecule has 0 fully saturated rings. The number of aromatic nitrogens is 3. The highest BCUT2D eigenvalue weighted by atomic mass is 35.5. The third kappa shape index (κ3) is 3.58. The van der Waals surface area contributed by atoms with Gasteiger partial charge in [-0.15, -0.1) is 11.3 Å². The first-order chi connectivity index (χ1) is 14.5. The number of hydrogen-bond donors (Lipinski definition) is 2. The quantitative estimate of drug-likeness (QED) is 0.428. The van der Waals surface area contributed by atoms with Crippen LogP contribution in [0.25, 0.3) is 10.9 Å². The van der Waals surface area contributed by atoms with Crippen LogP contribution in [-0.4, -0.2) is 30.2 Å². The summed E-state index contributed by atoms with van der Waals surface area (Å²) in [6.07, 6.45) is 1.53. The van der Waals surface area contributed by atoms with Crippen molar-refractivity contribution >= 4 is 60.5 Å². The van der Waals surface area contributed by atoms with Crippen LogP contribution >= 0.6 is 22.9 Å². The summed E-state index contributed by atoms with van der Waals surface area (Å²) in [4.78, 5) is 12.5. The van der Waals surface area contributed by atoms with E-state index < -0.39 is 10.0 Å². The van der Waals surface area contributed by atoms with Crippen molar-refractivity contribution in [1.82, 2.24) is 15.0 Å². The molecule has 30 heavy (non-hydrogen) atoms. The number of nitrogens with zero attached hydrogens (tertiary/aromatic N) is 3. The molecule has 9 nitrogen and oxygen atoms in total. The van der Waals surface area contributed by atoms with Crippen molar-refractivity contribution in [1.29, 1.82) is 0 Å². The van der Waals surface area contributed by atoms with Gasteiger partial charge in [0, 0.05) is 28.7 Å². The van der Waals surface area contributed by atoms with Crippen LogP contribution in [0.1, 0.15) is 0 Å². The van der Waals surface area contributed by atoms with E-state index in [0.29, 0.717) is 39.0 Å². The summed E-state index contributed by atoms with van der Waals surface area (Å²) in [5, 5.41) is 5.89. The Morgan fingerprint density at radius 1 is 1.07 bits per heavy atom. The second-order valence-corrected chi connectivity index (χ2v) is 9.07. The smallest absolute Gasteiger partial charge is 0.263 e. The van der Waals surface area contributed by atoms with Gasteiger partial charge in [0.15, 0.2) is 16.6 Å². The zero-order valence-corrected chi connectivity index (χ0v) is 17.4. The highest BCUT2D eigenvalue weighted by molar-refractivity contribution is 7.93. The average molecular weight is 462 g/mol. The Labute approximate surface area is 179 Å². The fourth-order valence-electron chi connectivity index (χ4n) is 2.89. The number of nitrogens with one attached hydrogen (secondary N) is 2. The molecule has 152 valence electrons. The summed E-state index contributed by atoms with van der Waals surface area (Å²) in [6, 6.07) is 9.73. The van der Waals surface area contributed by atoms with E-state index in [2.05, 4.69) is 25.0 Å². The summed E-state index contributed by atoms with van der Waals surface area (Å²) in [6.45, 7) is 0.139. The molecule has 0 aliphatic carbocycles. The van der Waals surface area contributed by atoms with Crippen LogP contribution in [0.5, 0.6) is 11.5 Å². The molecule has 3 heterocycles. The van der Waals surface area contributed by atoms with Gasteiger partial charge in [-0.1, -0.05) is 0 Å². The number of halogens is 1. The lowest BCUT2D eigenvalue weighted by Gasteiger charge is -2.11. The highest BCUT2D eigenvalue weighted by Crippen LogP contribution is 2.38. The third-order valence-corrected chi connectivity index (χ3v) is 6.59. The van der Waals surface area contributed by atoms with Gasteiger partial charge in [-0.05, 0) is 41.9 Å². The van der Waals surface area contributed by atoms with Crippen LogP contribution in [0.3, 0.4) is 0 Å². The normalized spacial score (nSPS) is 12.8.